The fourth-order valence-electron chi connectivity index (χ4n) is 4.52. The number of aromatic nitrogens is 3. The summed E-state index contributed by atoms with van der Waals surface area (Å²) in [5.74, 6) is 2.13. The summed E-state index contributed by atoms with van der Waals surface area (Å²) in [6.45, 7) is 4.81. The highest BCUT2D eigenvalue weighted by molar-refractivity contribution is 14.0. The van der Waals surface area contributed by atoms with Crippen molar-refractivity contribution < 1.29 is 0 Å². The van der Waals surface area contributed by atoms with Crippen LogP contribution < -0.4 is 10.2 Å². The number of benzene rings is 1. The Labute approximate surface area is 201 Å². The Kier molecular flexibility index (Phi) is 8.85. The minimum Gasteiger partial charge on any atom is -0.356 e. The molecule has 0 amide bonds. The molecule has 2 aromatic rings. The summed E-state index contributed by atoms with van der Waals surface area (Å²) in [7, 11) is 0. The van der Waals surface area contributed by atoms with Crippen molar-refractivity contribution in [2.75, 3.05) is 30.8 Å². The maximum Gasteiger partial charge on any atom is 0.198 e. The summed E-state index contributed by atoms with van der Waals surface area (Å²) in [6, 6.07) is 9.24. The van der Waals surface area contributed by atoms with Crippen LogP contribution in [0.25, 0.3) is 0 Å². The first-order valence-electron chi connectivity index (χ1n) is 10.9. The summed E-state index contributed by atoms with van der Waals surface area (Å²) in [5.41, 5.74) is 2.70. The molecule has 8 heteroatoms. The van der Waals surface area contributed by atoms with Crippen LogP contribution in [0.5, 0.6) is 0 Å². The predicted molar refractivity (Wildman–Crippen MR) is 137 cm³/mol. The van der Waals surface area contributed by atoms with Crippen LogP contribution in [0.2, 0.25) is 0 Å². The number of fused-ring (bicyclic) bond motifs is 1. The monoisotopic (exact) mass is 540 g/mol. The van der Waals surface area contributed by atoms with E-state index in [1.54, 1.807) is 11.8 Å². The lowest BCUT2D eigenvalue weighted by Crippen LogP contribution is -2.40. The van der Waals surface area contributed by atoms with Crippen LogP contribution in [0.15, 0.2) is 34.4 Å². The average molecular weight is 541 g/mol. The molecule has 0 spiro atoms. The number of hydrogen-bond donors (Lipinski definition) is 1. The van der Waals surface area contributed by atoms with Crippen molar-refractivity contribution in [3.8, 4) is 0 Å². The molecule has 0 radical (unpaired) electrons. The standard InChI is InChI=1S/C22H32N6S.HI/c1-3-23-21(27-16-14-17-9-4-7-12-19(17)27)24-15-8-13-20-25-26-22(29-2)28(20)18-10-5-6-11-18;/h4,7,9,12,18H,3,5-6,8,10-11,13-16H2,1-2H3,(H,23,24);1H. The maximum absolute atomic E-state index is 4.93. The SMILES string of the molecule is CCNC(=NCCCc1nnc(SC)n1C1CCCC1)N1CCc2ccccc21.I. The van der Waals surface area contributed by atoms with Gasteiger partial charge in [-0.2, -0.15) is 0 Å². The summed E-state index contributed by atoms with van der Waals surface area (Å²) in [5, 5.41) is 13.5. The molecule has 0 bridgehead atoms. The zero-order valence-corrected chi connectivity index (χ0v) is 21.2. The number of nitrogens with zero attached hydrogens (tertiary/aromatic N) is 5. The number of halogens is 1. The van der Waals surface area contributed by atoms with Crippen molar-refractivity contribution in [1.82, 2.24) is 20.1 Å². The molecule has 0 atom stereocenters. The van der Waals surface area contributed by atoms with Crippen LogP contribution >= 0.6 is 35.7 Å². The second-order valence-electron chi connectivity index (χ2n) is 7.78. The molecule has 30 heavy (non-hydrogen) atoms. The Hall–Kier alpha value is -1.29. The number of rotatable bonds is 7. The van der Waals surface area contributed by atoms with Crippen LogP contribution in [-0.4, -0.2) is 46.6 Å². The van der Waals surface area contributed by atoms with Gasteiger partial charge in [0.2, 0.25) is 0 Å². The molecule has 2 heterocycles. The average Bonchev–Trinajstić information content (AvgIpc) is 3.49. The first-order valence-corrected chi connectivity index (χ1v) is 12.2. The van der Waals surface area contributed by atoms with Gasteiger partial charge in [0.25, 0.3) is 0 Å². The first-order chi connectivity index (χ1) is 14.3. The van der Waals surface area contributed by atoms with E-state index in [0.29, 0.717) is 6.04 Å². The Balaban J connectivity index is 0.00000256. The van der Waals surface area contributed by atoms with Gasteiger partial charge in [0.1, 0.15) is 5.82 Å². The minimum atomic E-state index is 0. The molecule has 1 fully saturated rings. The molecular weight excluding hydrogens is 507 g/mol. The highest BCUT2D eigenvalue weighted by Crippen LogP contribution is 2.33. The lowest BCUT2D eigenvalue weighted by molar-refractivity contribution is 0.461. The van der Waals surface area contributed by atoms with Crippen molar-refractivity contribution in [2.24, 2.45) is 4.99 Å². The van der Waals surface area contributed by atoms with Gasteiger partial charge in [0.05, 0.1) is 0 Å². The summed E-state index contributed by atoms with van der Waals surface area (Å²) in [4.78, 5) is 7.26. The van der Waals surface area contributed by atoms with E-state index < -0.39 is 0 Å². The van der Waals surface area contributed by atoms with Gasteiger partial charge in [-0.05, 0) is 50.5 Å². The summed E-state index contributed by atoms with van der Waals surface area (Å²) >= 11 is 1.71. The van der Waals surface area contributed by atoms with Crippen molar-refractivity contribution >= 4 is 47.4 Å². The molecule has 1 aromatic carbocycles. The topological polar surface area (TPSA) is 58.3 Å². The van der Waals surface area contributed by atoms with Gasteiger partial charge in [0.15, 0.2) is 11.1 Å². The second kappa shape index (κ2) is 11.4. The van der Waals surface area contributed by atoms with Gasteiger partial charge in [0, 0.05) is 37.8 Å². The van der Waals surface area contributed by atoms with E-state index in [1.165, 1.54) is 36.9 Å². The number of aliphatic imine (C=N–C) groups is 1. The molecular formula is C22H33IN6S. The molecule has 4 rings (SSSR count). The Bertz CT molecular complexity index is 846. The minimum absolute atomic E-state index is 0. The van der Waals surface area contributed by atoms with Crippen molar-refractivity contribution in [3.05, 3.63) is 35.7 Å². The highest BCUT2D eigenvalue weighted by Gasteiger charge is 2.24. The third kappa shape index (κ3) is 5.12. The molecule has 1 aromatic heterocycles. The molecule has 1 saturated carbocycles. The van der Waals surface area contributed by atoms with Gasteiger partial charge in [-0.1, -0.05) is 42.8 Å². The quantitative estimate of drug-likeness (QED) is 0.182. The Morgan fingerprint density at radius 2 is 2.03 bits per heavy atom. The molecule has 0 saturated heterocycles. The summed E-state index contributed by atoms with van der Waals surface area (Å²) < 4.78 is 2.41. The maximum atomic E-state index is 4.93. The van der Waals surface area contributed by atoms with E-state index in [1.807, 2.05) is 0 Å². The number of para-hydroxylation sites is 1. The smallest absolute Gasteiger partial charge is 0.198 e. The number of anilines is 1. The van der Waals surface area contributed by atoms with E-state index in [-0.39, 0.29) is 24.0 Å². The van der Waals surface area contributed by atoms with Crippen molar-refractivity contribution in [3.63, 3.8) is 0 Å². The Morgan fingerprint density at radius 1 is 1.23 bits per heavy atom. The van der Waals surface area contributed by atoms with Gasteiger partial charge in [-0.3, -0.25) is 4.99 Å². The van der Waals surface area contributed by atoms with E-state index in [0.717, 1.165) is 55.8 Å². The Morgan fingerprint density at radius 3 is 2.80 bits per heavy atom. The van der Waals surface area contributed by atoms with Crippen LogP contribution in [0, 0.1) is 0 Å². The predicted octanol–water partition coefficient (Wildman–Crippen LogP) is 4.69. The third-order valence-electron chi connectivity index (χ3n) is 5.91. The van der Waals surface area contributed by atoms with E-state index in [9.17, 15) is 0 Å². The molecule has 2 aliphatic rings. The molecule has 1 aliphatic heterocycles. The first kappa shape index (κ1) is 23.4. The van der Waals surface area contributed by atoms with Gasteiger partial charge in [-0.25, -0.2) is 0 Å². The number of hydrogen-bond acceptors (Lipinski definition) is 4. The molecule has 1 aliphatic carbocycles. The van der Waals surface area contributed by atoms with Crippen LogP contribution in [0.1, 0.15) is 56.5 Å². The van der Waals surface area contributed by atoms with Gasteiger partial charge < -0.3 is 14.8 Å². The third-order valence-corrected chi connectivity index (χ3v) is 6.55. The fourth-order valence-corrected chi connectivity index (χ4v) is 5.10. The lowest BCUT2D eigenvalue weighted by Gasteiger charge is -2.22. The van der Waals surface area contributed by atoms with E-state index in [4.69, 9.17) is 4.99 Å². The molecule has 164 valence electrons. The largest absolute Gasteiger partial charge is 0.356 e. The van der Waals surface area contributed by atoms with Crippen molar-refractivity contribution in [1.29, 1.82) is 0 Å². The summed E-state index contributed by atoms with van der Waals surface area (Å²) in [6.07, 6.45) is 10.3. The normalized spacial score (nSPS) is 16.6. The number of aryl methyl sites for hydroxylation is 1. The number of guanidine groups is 1. The molecule has 0 unspecified atom stereocenters. The van der Waals surface area contributed by atoms with Gasteiger partial charge >= 0.3 is 0 Å². The second-order valence-corrected chi connectivity index (χ2v) is 8.55. The fraction of sp³-hybridized carbons (Fsp3) is 0.591. The lowest BCUT2D eigenvalue weighted by atomic mass is 10.2. The zero-order chi connectivity index (χ0) is 20.1. The van der Waals surface area contributed by atoms with Crippen LogP contribution in [0.4, 0.5) is 5.69 Å². The zero-order valence-electron chi connectivity index (χ0n) is 18.0. The highest BCUT2D eigenvalue weighted by atomic mass is 127. The number of thioether (sulfide) groups is 1. The van der Waals surface area contributed by atoms with E-state index in [2.05, 4.69) is 62.4 Å². The molecule has 1 N–H and O–H groups in total. The van der Waals surface area contributed by atoms with E-state index >= 15 is 0 Å². The number of nitrogens with one attached hydrogen (secondary N) is 1. The van der Waals surface area contributed by atoms with Crippen LogP contribution in [0.3, 0.4) is 0 Å². The molecule has 6 nitrogen and oxygen atoms in total. The van der Waals surface area contributed by atoms with Gasteiger partial charge in [-0.15, -0.1) is 34.2 Å². The van der Waals surface area contributed by atoms with Crippen LogP contribution in [-0.2, 0) is 12.8 Å². The van der Waals surface area contributed by atoms with Crippen molar-refractivity contribution in [2.45, 2.75) is 63.1 Å².